The zero-order valence-electron chi connectivity index (χ0n) is 19.8. The van der Waals surface area contributed by atoms with Crippen LogP contribution in [0, 0.1) is 13.8 Å². The van der Waals surface area contributed by atoms with Gasteiger partial charge in [0.15, 0.2) is 4.80 Å². The fraction of sp³-hybridized carbons (Fsp3) is 0.179. The average Bonchev–Trinajstić information content (AvgIpc) is 3.12. The number of halogens is 1. The minimum absolute atomic E-state index is 0.0865. The average molecular weight is 504 g/mol. The normalized spacial score (nSPS) is 12.4. The minimum atomic E-state index is -0.331. The lowest BCUT2D eigenvalue weighted by molar-refractivity contribution is 0.0938. The van der Waals surface area contributed by atoms with E-state index in [0.717, 1.165) is 21.7 Å². The molecule has 35 heavy (non-hydrogen) atoms. The van der Waals surface area contributed by atoms with Crippen molar-refractivity contribution in [1.82, 2.24) is 9.88 Å². The van der Waals surface area contributed by atoms with Crippen LogP contribution in [-0.2, 0) is 6.54 Å². The third kappa shape index (κ3) is 5.96. The Morgan fingerprint density at radius 1 is 0.971 bits per heavy atom. The molecule has 1 N–H and O–H groups in total. The standard InChI is InChI=1S/C28H26ClN3O2S/c1-18(22-8-5-4-6-9-22)30-26(33)23-14-12-21(13-15-23)17-32-19(2)20(3)35-28(32)31-27(34)24-10-7-11-25(29)16-24/h4-16,18H,17H2,1-3H3,(H,30,33)/t18-/m1/s1. The van der Waals surface area contributed by atoms with Crippen LogP contribution in [0.2, 0.25) is 5.02 Å². The number of nitrogens with one attached hydrogen (secondary N) is 1. The summed E-state index contributed by atoms with van der Waals surface area (Å²) in [5.74, 6) is -0.451. The summed E-state index contributed by atoms with van der Waals surface area (Å²) in [6.45, 7) is 6.54. The third-order valence-electron chi connectivity index (χ3n) is 5.86. The van der Waals surface area contributed by atoms with Crippen molar-refractivity contribution in [3.63, 3.8) is 0 Å². The molecule has 1 atom stereocenters. The molecule has 3 aromatic carbocycles. The van der Waals surface area contributed by atoms with Gasteiger partial charge >= 0.3 is 0 Å². The number of hydrogen-bond donors (Lipinski definition) is 1. The lowest BCUT2D eigenvalue weighted by atomic mass is 10.1. The fourth-order valence-electron chi connectivity index (χ4n) is 3.69. The van der Waals surface area contributed by atoms with Gasteiger partial charge in [-0.3, -0.25) is 9.59 Å². The van der Waals surface area contributed by atoms with Gasteiger partial charge in [-0.2, -0.15) is 4.99 Å². The quantitative estimate of drug-likeness (QED) is 0.345. The van der Waals surface area contributed by atoms with E-state index in [4.69, 9.17) is 11.6 Å². The zero-order valence-corrected chi connectivity index (χ0v) is 21.4. The summed E-state index contributed by atoms with van der Waals surface area (Å²) in [7, 11) is 0. The van der Waals surface area contributed by atoms with Crippen molar-refractivity contribution in [1.29, 1.82) is 0 Å². The predicted molar refractivity (Wildman–Crippen MR) is 141 cm³/mol. The van der Waals surface area contributed by atoms with Gasteiger partial charge in [0.25, 0.3) is 11.8 Å². The van der Waals surface area contributed by atoms with Crippen molar-refractivity contribution in [3.05, 3.63) is 122 Å². The number of benzene rings is 3. The molecule has 5 nitrogen and oxygen atoms in total. The number of rotatable bonds is 6. The molecule has 0 radical (unpaired) electrons. The zero-order chi connectivity index (χ0) is 24.9. The molecular formula is C28H26ClN3O2S. The topological polar surface area (TPSA) is 63.5 Å². The highest BCUT2D eigenvalue weighted by atomic mass is 35.5. The van der Waals surface area contributed by atoms with Gasteiger partial charge < -0.3 is 9.88 Å². The Morgan fingerprint density at radius 3 is 2.37 bits per heavy atom. The summed E-state index contributed by atoms with van der Waals surface area (Å²) >= 11 is 7.51. The van der Waals surface area contributed by atoms with Crippen LogP contribution in [0.4, 0.5) is 0 Å². The molecule has 0 saturated carbocycles. The second kappa shape index (κ2) is 10.8. The van der Waals surface area contributed by atoms with Crippen LogP contribution in [0.25, 0.3) is 0 Å². The maximum Gasteiger partial charge on any atom is 0.279 e. The minimum Gasteiger partial charge on any atom is -0.346 e. The number of hydrogen-bond acceptors (Lipinski definition) is 3. The molecule has 178 valence electrons. The monoisotopic (exact) mass is 503 g/mol. The van der Waals surface area contributed by atoms with E-state index in [1.807, 2.05) is 79.9 Å². The first kappa shape index (κ1) is 24.6. The van der Waals surface area contributed by atoms with Gasteiger partial charge in [-0.15, -0.1) is 11.3 Å². The van der Waals surface area contributed by atoms with Crippen LogP contribution in [0.5, 0.6) is 0 Å². The summed E-state index contributed by atoms with van der Waals surface area (Å²) < 4.78 is 2.02. The van der Waals surface area contributed by atoms with Gasteiger partial charge in [0.05, 0.1) is 12.6 Å². The van der Waals surface area contributed by atoms with Crippen LogP contribution in [0.3, 0.4) is 0 Å². The van der Waals surface area contributed by atoms with Crippen molar-refractivity contribution in [2.24, 2.45) is 4.99 Å². The fourth-order valence-corrected chi connectivity index (χ4v) is 4.85. The molecule has 2 amide bonds. The van der Waals surface area contributed by atoms with E-state index in [1.54, 1.807) is 24.3 Å². The van der Waals surface area contributed by atoms with Gasteiger partial charge in [-0.1, -0.05) is 60.1 Å². The van der Waals surface area contributed by atoms with Crippen LogP contribution in [-0.4, -0.2) is 16.4 Å². The first-order valence-electron chi connectivity index (χ1n) is 11.3. The molecule has 0 unspecified atom stereocenters. The lowest BCUT2D eigenvalue weighted by Gasteiger charge is -2.14. The largest absolute Gasteiger partial charge is 0.346 e. The van der Waals surface area contributed by atoms with E-state index >= 15 is 0 Å². The number of nitrogens with zero attached hydrogens (tertiary/aromatic N) is 2. The van der Waals surface area contributed by atoms with Gasteiger partial charge in [0, 0.05) is 26.7 Å². The number of thiazole rings is 1. The Balaban J connectivity index is 1.52. The Labute approximate surface area is 213 Å². The van der Waals surface area contributed by atoms with E-state index in [-0.39, 0.29) is 17.9 Å². The first-order valence-corrected chi connectivity index (χ1v) is 12.5. The Bertz CT molecular complexity index is 1420. The summed E-state index contributed by atoms with van der Waals surface area (Å²) in [6, 6.07) is 24.1. The molecule has 4 aromatic rings. The maximum atomic E-state index is 12.7. The summed E-state index contributed by atoms with van der Waals surface area (Å²) in [4.78, 5) is 31.5. The van der Waals surface area contributed by atoms with Crippen molar-refractivity contribution in [2.75, 3.05) is 0 Å². The SMILES string of the molecule is Cc1sc(=NC(=O)c2cccc(Cl)c2)n(Cc2ccc(C(=O)N[C@H](C)c3ccccc3)cc2)c1C. The number of carbonyl (C=O) groups is 2. The highest BCUT2D eigenvalue weighted by Gasteiger charge is 2.13. The van der Waals surface area contributed by atoms with E-state index in [9.17, 15) is 9.59 Å². The van der Waals surface area contributed by atoms with Gasteiger partial charge in [0.2, 0.25) is 0 Å². The maximum absolute atomic E-state index is 12.7. The van der Waals surface area contributed by atoms with E-state index in [1.165, 1.54) is 11.3 Å². The molecule has 0 bridgehead atoms. The molecule has 4 rings (SSSR count). The van der Waals surface area contributed by atoms with Crippen LogP contribution < -0.4 is 10.1 Å². The predicted octanol–water partition coefficient (Wildman–Crippen LogP) is 6.10. The summed E-state index contributed by atoms with van der Waals surface area (Å²) in [5.41, 5.74) is 4.16. The molecule has 0 aliphatic rings. The Morgan fingerprint density at radius 2 is 1.69 bits per heavy atom. The molecule has 0 fully saturated rings. The summed E-state index contributed by atoms with van der Waals surface area (Å²) in [6.07, 6.45) is 0. The van der Waals surface area contributed by atoms with Gasteiger partial charge in [-0.05, 0) is 62.2 Å². The van der Waals surface area contributed by atoms with Crippen LogP contribution >= 0.6 is 22.9 Å². The van der Waals surface area contributed by atoms with Crippen LogP contribution in [0.1, 0.15) is 55.4 Å². The molecule has 0 aliphatic heterocycles. The number of carbonyl (C=O) groups excluding carboxylic acids is 2. The second-order valence-corrected chi connectivity index (χ2v) is 9.96. The molecule has 0 saturated heterocycles. The molecule has 0 aliphatic carbocycles. The molecule has 0 spiro atoms. The van der Waals surface area contributed by atoms with Crippen molar-refractivity contribution in [3.8, 4) is 0 Å². The number of aryl methyl sites for hydroxylation is 1. The number of amides is 2. The second-order valence-electron chi connectivity index (χ2n) is 8.34. The molecule has 1 heterocycles. The van der Waals surface area contributed by atoms with E-state index in [2.05, 4.69) is 10.3 Å². The molecule has 1 aromatic heterocycles. The third-order valence-corrected chi connectivity index (χ3v) is 7.19. The van der Waals surface area contributed by atoms with E-state index in [0.29, 0.717) is 27.5 Å². The van der Waals surface area contributed by atoms with Crippen molar-refractivity contribution < 1.29 is 9.59 Å². The molecule has 7 heteroatoms. The highest BCUT2D eigenvalue weighted by molar-refractivity contribution is 7.09. The van der Waals surface area contributed by atoms with Crippen molar-refractivity contribution in [2.45, 2.75) is 33.4 Å². The molecular weight excluding hydrogens is 478 g/mol. The number of aromatic nitrogens is 1. The highest BCUT2D eigenvalue weighted by Crippen LogP contribution is 2.16. The van der Waals surface area contributed by atoms with Gasteiger partial charge in [0.1, 0.15) is 0 Å². The summed E-state index contributed by atoms with van der Waals surface area (Å²) in [5, 5.41) is 3.54. The van der Waals surface area contributed by atoms with Gasteiger partial charge in [-0.25, -0.2) is 0 Å². The van der Waals surface area contributed by atoms with Crippen molar-refractivity contribution >= 4 is 34.8 Å². The Hall–Kier alpha value is -3.48. The lowest BCUT2D eigenvalue weighted by Crippen LogP contribution is -2.26. The Kier molecular flexibility index (Phi) is 7.63. The smallest absolute Gasteiger partial charge is 0.279 e. The van der Waals surface area contributed by atoms with Crippen LogP contribution in [0.15, 0.2) is 83.9 Å². The van der Waals surface area contributed by atoms with E-state index < -0.39 is 0 Å². The first-order chi connectivity index (χ1) is 16.8.